The minimum Gasteiger partial charge on any atom is -0.316 e. The van der Waals surface area contributed by atoms with E-state index in [1.54, 1.807) is 67.2 Å². The molecule has 0 aliphatic heterocycles. The summed E-state index contributed by atoms with van der Waals surface area (Å²) in [5.74, 6) is -0.840. The Balaban J connectivity index is 1.70. The number of nitrogens with zero attached hydrogens (tertiary/aromatic N) is 2. The third-order valence-corrected chi connectivity index (χ3v) is 5.57. The van der Waals surface area contributed by atoms with Crippen molar-refractivity contribution in [3.8, 4) is 5.69 Å². The summed E-state index contributed by atoms with van der Waals surface area (Å²) in [5.41, 5.74) is 1.92. The molecule has 7 heteroatoms. The van der Waals surface area contributed by atoms with Crippen molar-refractivity contribution in [1.82, 2.24) is 9.36 Å². The van der Waals surface area contributed by atoms with Crippen molar-refractivity contribution in [3.05, 3.63) is 117 Å². The summed E-state index contributed by atoms with van der Waals surface area (Å²) in [6.45, 7) is 1.75. The molecule has 160 valence electrons. The van der Waals surface area contributed by atoms with Crippen LogP contribution in [-0.4, -0.2) is 21.1 Å². The minimum absolute atomic E-state index is 0.162. The van der Waals surface area contributed by atoms with E-state index in [2.05, 4.69) is 5.32 Å². The van der Waals surface area contributed by atoms with Crippen molar-refractivity contribution in [2.45, 2.75) is 6.92 Å². The average molecular weight is 446 g/mol. The lowest BCUT2D eigenvalue weighted by Crippen LogP contribution is -2.24. The zero-order valence-electron chi connectivity index (χ0n) is 17.5. The van der Waals surface area contributed by atoms with Crippen molar-refractivity contribution < 1.29 is 9.59 Å². The molecule has 32 heavy (non-hydrogen) atoms. The molecule has 0 saturated carbocycles. The fraction of sp³-hybridized carbons (Fsp3) is 0.0800. The van der Waals surface area contributed by atoms with E-state index in [0.29, 0.717) is 22.0 Å². The van der Waals surface area contributed by atoms with E-state index in [1.807, 2.05) is 30.3 Å². The Morgan fingerprint density at radius 1 is 0.844 bits per heavy atom. The van der Waals surface area contributed by atoms with Crippen LogP contribution in [0, 0.1) is 6.92 Å². The van der Waals surface area contributed by atoms with Gasteiger partial charge in [-0.15, -0.1) is 0 Å². The lowest BCUT2D eigenvalue weighted by molar-refractivity contribution is 0.0996. The second-order valence-corrected chi connectivity index (χ2v) is 7.71. The van der Waals surface area contributed by atoms with Crippen LogP contribution in [0.1, 0.15) is 32.0 Å². The number of hydrogen-bond acceptors (Lipinski definition) is 3. The molecule has 1 N–H and O–H groups in total. The molecule has 1 aromatic heterocycles. The molecule has 0 bridgehead atoms. The standard InChI is InChI=1S/C25H20ClN3O3/c1-16-22(25(32)29(28(16)2)19-8-4-3-5-9-19)27-24(31)21-11-7-6-10-20(21)23(30)17-12-14-18(26)15-13-17/h3-15H,1-2H3,(H,27,31). The summed E-state index contributed by atoms with van der Waals surface area (Å²) in [5, 5.41) is 3.23. The number of rotatable bonds is 5. The Kier molecular flexibility index (Phi) is 5.79. The first-order chi connectivity index (χ1) is 15.4. The Hall–Kier alpha value is -3.90. The number of carbonyl (C=O) groups is 2. The maximum Gasteiger partial charge on any atom is 0.295 e. The molecule has 0 atom stereocenters. The van der Waals surface area contributed by atoms with Crippen molar-refractivity contribution in [1.29, 1.82) is 0 Å². The second-order valence-electron chi connectivity index (χ2n) is 7.27. The molecular formula is C25H20ClN3O3. The van der Waals surface area contributed by atoms with E-state index in [0.717, 1.165) is 0 Å². The number of para-hydroxylation sites is 1. The van der Waals surface area contributed by atoms with Crippen LogP contribution in [0.25, 0.3) is 5.69 Å². The number of amides is 1. The topological polar surface area (TPSA) is 73.1 Å². The summed E-state index contributed by atoms with van der Waals surface area (Å²) in [6, 6.07) is 22.1. The van der Waals surface area contributed by atoms with Crippen molar-refractivity contribution in [3.63, 3.8) is 0 Å². The van der Waals surface area contributed by atoms with E-state index >= 15 is 0 Å². The molecule has 1 heterocycles. The zero-order valence-corrected chi connectivity index (χ0v) is 18.3. The number of carbonyl (C=O) groups excluding carboxylic acids is 2. The molecule has 6 nitrogen and oxygen atoms in total. The monoisotopic (exact) mass is 445 g/mol. The lowest BCUT2D eigenvalue weighted by atomic mass is 9.98. The van der Waals surface area contributed by atoms with Gasteiger partial charge in [-0.05, 0) is 49.4 Å². The highest BCUT2D eigenvalue weighted by Gasteiger charge is 2.22. The van der Waals surface area contributed by atoms with Crippen LogP contribution in [0.5, 0.6) is 0 Å². The fourth-order valence-corrected chi connectivity index (χ4v) is 3.66. The average Bonchev–Trinajstić information content (AvgIpc) is 3.02. The summed E-state index contributed by atoms with van der Waals surface area (Å²) < 4.78 is 3.16. The van der Waals surface area contributed by atoms with Gasteiger partial charge in [0.05, 0.1) is 16.9 Å². The largest absolute Gasteiger partial charge is 0.316 e. The highest BCUT2D eigenvalue weighted by atomic mass is 35.5. The molecule has 0 spiro atoms. The van der Waals surface area contributed by atoms with Gasteiger partial charge in [0.1, 0.15) is 5.69 Å². The third-order valence-electron chi connectivity index (χ3n) is 5.32. The van der Waals surface area contributed by atoms with Gasteiger partial charge < -0.3 is 5.32 Å². The molecule has 4 aromatic rings. The first kappa shape index (κ1) is 21.3. The number of halogens is 1. The number of nitrogens with one attached hydrogen (secondary N) is 1. The highest BCUT2D eigenvalue weighted by molar-refractivity contribution is 6.30. The maximum atomic E-state index is 13.1. The van der Waals surface area contributed by atoms with Gasteiger partial charge in [-0.25, -0.2) is 4.68 Å². The molecule has 4 rings (SSSR count). The van der Waals surface area contributed by atoms with Crippen LogP contribution in [-0.2, 0) is 7.05 Å². The van der Waals surface area contributed by atoms with Crippen molar-refractivity contribution in [2.24, 2.45) is 7.05 Å². The summed E-state index contributed by atoms with van der Waals surface area (Å²) in [7, 11) is 1.75. The molecule has 0 saturated heterocycles. The smallest absolute Gasteiger partial charge is 0.295 e. The Labute approximate surface area is 189 Å². The van der Waals surface area contributed by atoms with E-state index in [9.17, 15) is 14.4 Å². The number of benzene rings is 3. The van der Waals surface area contributed by atoms with Gasteiger partial charge in [0, 0.05) is 23.2 Å². The lowest BCUT2D eigenvalue weighted by Gasteiger charge is -2.09. The molecule has 1 amide bonds. The van der Waals surface area contributed by atoms with E-state index in [4.69, 9.17) is 11.6 Å². The van der Waals surface area contributed by atoms with Gasteiger partial charge in [0.15, 0.2) is 5.78 Å². The fourth-order valence-electron chi connectivity index (χ4n) is 3.53. The van der Waals surface area contributed by atoms with Crippen molar-refractivity contribution in [2.75, 3.05) is 5.32 Å². The molecular weight excluding hydrogens is 426 g/mol. The Morgan fingerprint density at radius 2 is 1.44 bits per heavy atom. The van der Waals surface area contributed by atoms with E-state index in [-0.39, 0.29) is 28.2 Å². The predicted octanol–water partition coefficient (Wildman–Crippen LogP) is 4.62. The summed E-state index contributed by atoms with van der Waals surface area (Å²) in [6.07, 6.45) is 0. The quantitative estimate of drug-likeness (QED) is 0.455. The molecule has 3 aromatic carbocycles. The number of hydrogen-bond donors (Lipinski definition) is 1. The SMILES string of the molecule is Cc1c(NC(=O)c2ccccc2C(=O)c2ccc(Cl)cc2)c(=O)n(-c2ccccc2)n1C. The van der Waals surface area contributed by atoms with Gasteiger partial charge in [0.25, 0.3) is 11.5 Å². The van der Waals surface area contributed by atoms with Crippen LogP contribution >= 0.6 is 11.6 Å². The Morgan fingerprint density at radius 3 is 2.09 bits per heavy atom. The molecule has 0 fully saturated rings. The first-order valence-corrected chi connectivity index (χ1v) is 10.3. The van der Waals surface area contributed by atoms with Crippen LogP contribution in [0.4, 0.5) is 5.69 Å². The summed E-state index contributed by atoms with van der Waals surface area (Å²) >= 11 is 5.91. The van der Waals surface area contributed by atoms with Crippen LogP contribution in [0.3, 0.4) is 0 Å². The van der Waals surface area contributed by atoms with Gasteiger partial charge in [0.2, 0.25) is 0 Å². The van der Waals surface area contributed by atoms with Gasteiger partial charge in [-0.1, -0.05) is 48.0 Å². The van der Waals surface area contributed by atoms with Crippen LogP contribution in [0.2, 0.25) is 5.02 Å². The summed E-state index contributed by atoms with van der Waals surface area (Å²) in [4.78, 5) is 39.3. The van der Waals surface area contributed by atoms with Gasteiger partial charge >= 0.3 is 0 Å². The molecule has 0 radical (unpaired) electrons. The van der Waals surface area contributed by atoms with Crippen LogP contribution < -0.4 is 10.9 Å². The van der Waals surface area contributed by atoms with Crippen molar-refractivity contribution >= 4 is 29.0 Å². The third kappa shape index (κ3) is 3.88. The molecule has 0 aliphatic carbocycles. The highest BCUT2D eigenvalue weighted by Crippen LogP contribution is 2.20. The van der Waals surface area contributed by atoms with Gasteiger partial charge in [-0.3, -0.25) is 19.1 Å². The minimum atomic E-state index is -0.533. The maximum absolute atomic E-state index is 13.1. The molecule has 0 aliphatic rings. The van der Waals surface area contributed by atoms with E-state index < -0.39 is 5.91 Å². The van der Waals surface area contributed by atoms with Crippen LogP contribution in [0.15, 0.2) is 83.7 Å². The van der Waals surface area contributed by atoms with Gasteiger partial charge in [-0.2, -0.15) is 0 Å². The normalized spacial score (nSPS) is 10.7. The predicted molar refractivity (Wildman–Crippen MR) is 125 cm³/mol. The first-order valence-electron chi connectivity index (χ1n) is 9.93. The number of aromatic nitrogens is 2. The molecule has 0 unspecified atom stereocenters. The van der Waals surface area contributed by atoms with E-state index in [1.165, 1.54) is 4.68 Å². The number of ketones is 1. The Bertz CT molecular complexity index is 1370. The second kappa shape index (κ2) is 8.69. The zero-order chi connectivity index (χ0) is 22.8. The number of anilines is 1.